The highest BCUT2D eigenvalue weighted by atomic mass is 32.1. The summed E-state index contributed by atoms with van der Waals surface area (Å²) in [6, 6.07) is 2.83. The number of carbonyl (C=O) groups is 3. The number of aliphatic carboxylic acids is 1. The predicted octanol–water partition coefficient (Wildman–Crippen LogP) is -0.668. The molecule has 1 aromatic rings. The highest BCUT2D eigenvalue weighted by Gasteiger charge is 2.41. The number of ether oxygens (including phenoxy) is 1. The fourth-order valence-electron chi connectivity index (χ4n) is 1.59. The van der Waals surface area contributed by atoms with Crippen molar-refractivity contribution in [2.24, 2.45) is 0 Å². The number of amides is 2. The quantitative estimate of drug-likeness (QED) is 0.601. The van der Waals surface area contributed by atoms with Crippen LogP contribution in [0.4, 0.5) is 0 Å². The molecule has 3 N–H and O–H groups in total. The van der Waals surface area contributed by atoms with Crippen LogP contribution in [0.1, 0.15) is 4.88 Å². The zero-order valence-electron chi connectivity index (χ0n) is 9.79. The van der Waals surface area contributed by atoms with Crippen molar-refractivity contribution in [3.8, 4) is 0 Å². The monoisotopic (exact) mass is 284 g/mol. The van der Waals surface area contributed by atoms with Gasteiger partial charge in [0, 0.05) is 4.88 Å². The lowest BCUT2D eigenvalue weighted by molar-refractivity contribution is -0.159. The van der Waals surface area contributed by atoms with Gasteiger partial charge in [-0.15, -0.1) is 11.3 Å². The minimum atomic E-state index is -1.13. The second-order valence-electron chi connectivity index (χ2n) is 3.94. The van der Waals surface area contributed by atoms with Crippen LogP contribution in [-0.2, 0) is 25.5 Å². The van der Waals surface area contributed by atoms with Crippen molar-refractivity contribution in [3.05, 3.63) is 22.4 Å². The average molecular weight is 284 g/mol. The van der Waals surface area contributed by atoms with Crippen molar-refractivity contribution in [1.29, 1.82) is 0 Å². The van der Waals surface area contributed by atoms with Gasteiger partial charge in [-0.3, -0.25) is 9.59 Å². The Morgan fingerprint density at radius 3 is 2.89 bits per heavy atom. The highest BCUT2D eigenvalue weighted by molar-refractivity contribution is 7.10. The number of hydrogen-bond acceptors (Lipinski definition) is 5. The van der Waals surface area contributed by atoms with Crippen molar-refractivity contribution in [1.82, 2.24) is 10.6 Å². The lowest BCUT2D eigenvalue weighted by atomic mass is 10.1. The van der Waals surface area contributed by atoms with E-state index < -0.39 is 24.8 Å². The zero-order chi connectivity index (χ0) is 13.8. The number of nitrogens with one attached hydrogen (secondary N) is 2. The van der Waals surface area contributed by atoms with Gasteiger partial charge in [0.25, 0.3) is 0 Å². The lowest BCUT2D eigenvalue weighted by Crippen LogP contribution is -2.70. The highest BCUT2D eigenvalue weighted by Crippen LogP contribution is 2.11. The van der Waals surface area contributed by atoms with Crippen LogP contribution in [0.3, 0.4) is 0 Å². The molecule has 0 bridgehead atoms. The van der Waals surface area contributed by atoms with E-state index in [1.54, 1.807) is 0 Å². The summed E-state index contributed by atoms with van der Waals surface area (Å²) < 4.78 is 4.91. The molecule has 0 saturated carbocycles. The molecule has 0 spiro atoms. The third-order valence-electron chi connectivity index (χ3n) is 2.49. The second kappa shape index (κ2) is 5.81. The first-order valence-corrected chi connectivity index (χ1v) is 6.40. The molecular weight excluding hydrogens is 272 g/mol. The van der Waals surface area contributed by atoms with Crippen LogP contribution in [0.2, 0.25) is 0 Å². The maximum absolute atomic E-state index is 11.7. The summed E-state index contributed by atoms with van der Waals surface area (Å²) in [6.45, 7) is -0.526. The summed E-state index contributed by atoms with van der Waals surface area (Å²) in [6.07, 6.45) is -0.594. The van der Waals surface area contributed by atoms with E-state index in [0.29, 0.717) is 0 Å². The van der Waals surface area contributed by atoms with E-state index in [2.05, 4.69) is 10.6 Å². The van der Waals surface area contributed by atoms with Crippen LogP contribution in [0.15, 0.2) is 17.5 Å². The molecule has 1 aliphatic rings. The number of carboxylic acid groups (broad SMARTS) is 1. The molecule has 1 saturated heterocycles. The smallest absolute Gasteiger partial charge is 0.329 e. The van der Waals surface area contributed by atoms with E-state index in [-0.39, 0.29) is 18.2 Å². The molecule has 1 fully saturated rings. The van der Waals surface area contributed by atoms with Gasteiger partial charge in [-0.25, -0.2) is 4.79 Å². The second-order valence-corrected chi connectivity index (χ2v) is 4.97. The molecule has 0 radical (unpaired) electrons. The molecule has 19 heavy (non-hydrogen) atoms. The molecule has 1 aliphatic heterocycles. The molecule has 0 aliphatic carbocycles. The Morgan fingerprint density at radius 2 is 2.32 bits per heavy atom. The Balaban J connectivity index is 1.81. The number of carboxylic acids is 1. The molecule has 7 nitrogen and oxygen atoms in total. The summed E-state index contributed by atoms with van der Waals surface area (Å²) in [5, 5.41) is 15.2. The van der Waals surface area contributed by atoms with Crippen LogP contribution in [0.25, 0.3) is 0 Å². The Bertz CT molecular complexity index is 487. The summed E-state index contributed by atoms with van der Waals surface area (Å²) in [5.41, 5.74) is 0. The van der Waals surface area contributed by atoms with Crippen molar-refractivity contribution in [3.63, 3.8) is 0 Å². The Hall–Kier alpha value is -1.93. The van der Waals surface area contributed by atoms with E-state index in [0.717, 1.165) is 4.88 Å². The van der Waals surface area contributed by atoms with Crippen molar-refractivity contribution in [2.75, 3.05) is 6.61 Å². The van der Waals surface area contributed by atoms with E-state index in [1.165, 1.54) is 11.3 Å². The van der Waals surface area contributed by atoms with Gasteiger partial charge in [-0.1, -0.05) is 6.07 Å². The number of carbonyl (C=O) groups excluding carboxylic acids is 2. The van der Waals surface area contributed by atoms with Crippen molar-refractivity contribution in [2.45, 2.75) is 18.7 Å². The maximum Gasteiger partial charge on any atom is 0.329 e. The fourth-order valence-corrected chi connectivity index (χ4v) is 2.29. The third-order valence-corrected chi connectivity index (χ3v) is 3.36. The first kappa shape index (κ1) is 13.5. The van der Waals surface area contributed by atoms with Gasteiger partial charge in [0.2, 0.25) is 11.8 Å². The molecular formula is C11H12N2O5S. The van der Waals surface area contributed by atoms with Crippen LogP contribution in [0.5, 0.6) is 0 Å². The molecule has 0 aromatic carbocycles. The molecule has 102 valence electrons. The Morgan fingerprint density at radius 1 is 1.53 bits per heavy atom. The molecule has 8 heteroatoms. The predicted molar refractivity (Wildman–Crippen MR) is 65.5 cm³/mol. The molecule has 1 aromatic heterocycles. The first-order chi connectivity index (χ1) is 9.06. The average Bonchev–Trinajstić information content (AvgIpc) is 2.84. The molecule has 2 rings (SSSR count). The Labute approximate surface area is 112 Å². The minimum Gasteiger partial charge on any atom is -0.480 e. The van der Waals surface area contributed by atoms with Crippen LogP contribution < -0.4 is 10.6 Å². The van der Waals surface area contributed by atoms with Gasteiger partial charge in [0.1, 0.15) is 6.61 Å². The van der Waals surface area contributed by atoms with E-state index >= 15 is 0 Å². The lowest BCUT2D eigenvalue weighted by Gasteiger charge is -2.36. The minimum absolute atomic E-state index is 0.188. The Kier molecular flexibility index (Phi) is 4.13. The van der Waals surface area contributed by atoms with Gasteiger partial charge >= 0.3 is 5.97 Å². The number of rotatable bonds is 6. The van der Waals surface area contributed by atoms with E-state index in [9.17, 15) is 14.4 Å². The van der Waals surface area contributed by atoms with Gasteiger partial charge in [-0.05, 0) is 11.4 Å². The first-order valence-electron chi connectivity index (χ1n) is 5.52. The van der Waals surface area contributed by atoms with Crippen molar-refractivity contribution < 1.29 is 24.2 Å². The standard InChI is InChI=1S/C11H12N2O5S/c14-7(4-6-2-1-3-19-6)12-9-10(17)13-11(9)18-5-8(15)16/h1-3,9,11H,4-5H2,(H,12,14)(H,13,17)(H,15,16). The number of thiophene rings is 1. The van der Waals surface area contributed by atoms with Crippen LogP contribution in [0, 0.1) is 0 Å². The van der Waals surface area contributed by atoms with Crippen molar-refractivity contribution >= 4 is 29.1 Å². The molecule has 2 unspecified atom stereocenters. The van der Waals surface area contributed by atoms with Crippen LogP contribution >= 0.6 is 11.3 Å². The maximum atomic E-state index is 11.7. The summed E-state index contributed by atoms with van der Waals surface area (Å²) in [7, 11) is 0. The van der Waals surface area contributed by atoms with E-state index in [1.807, 2.05) is 17.5 Å². The van der Waals surface area contributed by atoms with Crippen LogP contribution in [-0.4, -0.2) is 41.8 Å². The fraction of sp³-hybridized carbons (Fsp3) is 0.364. The third kappa shape index (κ3) is 3.52. The summed E-state index contributed by atoms with van der Waals surface area (Å²) >= 11 is 1.45. The normalized spacial score (nSPS) is 21.4. The van der Waals surface area contributed by atoms with Gasteiger partial charge in [0.05, 0.1) is 6.42 Å². The number of hydrogen-bond donors (Lipinski definition) is 3. The summed E-state index contributed by atoms with van der Waals surface area (Å²) in [4.78, 5) is 34.2. The largest absolute Gasteiger partial charge is 0.480 e. The summed E-state index contributed by atoms with van der Waals surface area (Å²) in [5.74, 6) is -1.81. The van der Waals surface area contributed by atoms with E-state index in [4.69, 9.17) is 9.84 Å². The zero-order valence-corrected chi connectivity index (χ0v) is 10.6. The van der Waals surface area contributed by atoms with Gasteiger partial charge in [-0.2, -0.15) is 0 Å². The molecule has 2 heterocycles. The molecule has 2 amide bonds. The SMILES string of the molecule is O=C(O)COC1NC(=O)C1NC(=O)Cc1cccs1. The van der Waals surface area contributed by atoms with Gasteiger partial charge < -0.3 is 20.5 Å². The molecule has 2 atom stereocenters. The topological polar surface area (TPSA) is 105 Å². The van der Waals surface area contributed by atoms with Gasteiger partial charge in [0.15, 0.2) is 12.3 Å². The number of β-lactam (4-membered cyclic amide) rings is 1.